The molecule has 0 fully saturated rings. The molecular formula is C19H22O3. The highest BCUT2D eigenvalue weighted by Crippen LogP contribution is 2.39. The topological polar surface area (TPSA) is 57.5 Å². The Morgan fingerprint density at radius 2 is 1.36 bits per heavy atom. The Labute approximate surface area is 131 Å². The van der Waals surface area contributed by atoms with E-state index in [0.717, 1.165) is 11.1 Å². The maximum absolute atomic E-state index is 12.1. The fourth-order valence-electron chi connectivity index (χ4n) is 2.76. The third kappa shape index (κ3) is 2.71. The summed E-state index contributed by atoms with van der Waals surface area (Å²) in [5, 5.41) is 19.4. The molecule has 0 bridgehead atoms. The van der Waals surface area contributed by atoms with Crippen molar-refractivity contribution >= 4 is 5.97 Å². The molecule has 0 aromatic heterocycles. The van der Waals surface area contributed by atoms with Gasteiger partial charge in [0.05, 0.1) is 0 Å². The minimum absolute atomic E-state index is 0.126. The van der Waals surface area contributed by atoms with Gasteiger partial charge >= 0.3 is 5.97 Å². The van der Waals surface area contributed by atoms with Gasteiger partial charge in [-0.3, -0.25) is 4.79 Å². The van der Waals surface area contributed by atoms with Crippen LogP contribution in [-0.2, 0) is 15.6 Å². The lowest BCUT2D eigenvalue weighted by Gasteiger charge is -2.32. The van der Waals surface area contributed by atoms with Crippen molar-refractivity contribution < 1.29 is 15.0 Å². The van der Waals surface area contributed by atoms with Crippen LogP contribution < -0.4 is 0 Å². The van der Waals surface area contributed by atoms with Crippen molar-refractivity contribution in [3.8, 4) is 5.75 Å². The van der Waals surface area contributed by atoms with E-state index in [1.54, 1.807) is 19.1 Å². The molecular weight excluding hydrogens is 276 g/mol. The summed E-state index contributed by atoms with van der Waals surface area (Å²) in [4.78, 5) is 12.1. The Bertz CT molecular complexity index is 681. The standard InChI is InChI=1S/C19H22O3/c1-18(2,3)15-7-5-6-8-16(15)19(4,17(21)22)13-9-11-14(20)12-10-13/h5-12,20H,1-4H3,(H,21,22). The van der Waals surface area contributed by atoms with E-state index in [9.17, 15) is 15.0 Å². The van der Waals surface area contributed by atoms with Crippen LogP contribution in [0, 0.1) is 0 Å². The van der Waals surface area contributed by atoms with Crippen LogP contribution >= 0.6 is 0 Å². The van der Waals surface area contributed by atoms with Crippen molar-refractivity contribution in [3.63, 3.8) is 0 Å². The van der Waals surface area contributed by atoms with E-state index in [4.69, 9.17) is 0 Å². The summed E-state index contributed by atoms with van der Waals surface area (Å²) < 4.78 is 0. The van der Waals surface area contributed by atoms with E-state index in [-0.39, 0.29) is 11.2 Å². The molecule has 2 aromatic carbocycles. The highest BCUT2D eigenvalue weighted by atomic mass is 16.4. The zero-order chi connectivity index (χ0) is 16.5. The first-order valence-electron chi connectivity index (χ1n) is 7.30. The van der Waals surface area contributed by atoms with E-state index in [2.05, 4.69) is 20.8 Å². The molecule has 3 nitrogen and oxygen atoms in total. The molecule has 0 aliphatic carbocycles. The molecule has 116 valence electrons. The molecule has 22 heavy (non-hydrogen) atoms. The molecule has 1 unspecified atom stereocenters. The Morgan fingerprint density at radius 1 is 0.864 bits per heavy atom. The summed E-state index contributed by atoms with van der Waals surface area (Å²) in [5.74, 6) is -0.782. The molecule has 0 radical (unpaired) electrons. The summed E-state index contributed by atoms with van der Waals surface area (Å²) in [6, 6.07) is 14.0. The average molecular weight is 298 g/mol. The fraction of sp³-hybridized carbons (Fsp3) is 0.316. The van der Waals surface area contributed by atoms with Crippen molar-refractivity contribution in [1.82, 2.24) is 0 Å². The lowest BCUT2D eigenvalue weighted by Crippen LogP contribution is -2.36. The van der Waals surface area contributed by atoms with Gasteiger partial charge in [-0.05, 0) is 41.2 Å². The molecule has 0 saturated heterocycles. The SMILES string of the molecule is CC(C)(C)c1ccccc1C(C)(C(=O)O)c1ccc(O)cc1. The van der Waals surface area contributed by atoms with Crippen LogP contribution in [-0.4, -0.2) is 16.2 Å². The number of hydrogen-bond donors (Lipinski definition) is 2. The van der Waals surface area contributed by atoms with Gasteiger partial charge in [0.25, 0.3) is 0 Å². The maximum atomic E-state index is 12.1. The number of phenols is 1. The Morgan fingerprint density at radius 3 is 1.82 bits per heavy atom. The third-order valence-electron chi connectivity index (χ3n) is 4.15. The van der Waals surface area contributed by atoms with Gasteiger partial charge in [-0.2, -0.15) is 0 Å². The largest absolute Gasteiger partial charge is 0.508 e. The summed E-state index contributed by atoms with van der Waals surface area (Å²) in [5.41, 5.74) is 1.10. The zero-order valence-corrected chi connectivity index (χ0v) is 13.4. The van der Waals surface area contributed by atoms with E-state index in [1.165, 1.54) is 12.1 Å². The van der Waals surface area contributed by atoms with Crippen LogP contribution in [0.2, 0.25) is 0 Å². The van der Waals surface area contributed by atoms with Gasteiger partial charge in [0.15, 0.2) is 0 Å². The quantitative estimate of drug-likeness (QED) is 0.897. The predicted molar refractivity (Wildman–Crippen MR) is 87.3 cm³/mol. The van der Waals surface area contributed by atoms with Gasteiger partial charge in [0.2, 0.25) is 0 Å². The number of aromatic hydroxyl groups is 1. The first-order valence-corrected chi connectivity index (χ1v) is 7.30. The molecule has 0 heterocycles. The van der Waals surface area contributed by atoms with Crippen molar-refractivity contribution in [2.45, 2.75) is 38.5 Å². The van der Waals surface area contributed by atoms with E-state index >= 15 is 0 Å². The molecule has 0 saturated carbocycles. The highest BCUT2D eigenvalue weighted by Gasteiger charge is 2.40. The van der Waals surface area contributed by atoms with Crippen LogP contribution in [0.4, 0.5) is 0 Å². The lowest BCUT2D eigenvalue weighted by atomic mass is 9.70. The number of benzene rings is 2. The number of rotatable bonds is 3. The van der Waals surface area contributed by atoms with Gasteiger partial charge in [0.1, 0.15) is 11.2 Å². The Kier molecular flexibility index (Phi) is 4.01. The minimum Gasteiger partial charge on any atom is -0.508 e. The number of phenolic OH excluding ortho intramolecular Hbond substituents is 1. The van der Waals surface area contributed by atoms with Crippen LogP contribution in [0.5, 0.6) is 5.75 Å². The monoisotopic (exact) mass is 298 g/mol. The molecule has 2 rings (SSSR count). The highest BCUT2D eigenvalue weighted by molar-refractivity contribution is 5.86. The van der Waals surface area contributed by atoms with Crippen LogP contribution in [0.15, 0.2) is 48.5 Å². The van der Waals surface area contributed by atoms with E-state index < -0.39 is 11.4 Å². The number of carbonyl (C=O) groups is 1. The summed E-state index contributed by atoms with van der Waals surface area (Å²) in [6.07, 6.45) is 0. The summed E-state index contributed by atoms with van der Waals surface area (Å²) >= 11 is 0. The molecule has 2 aromatic rings. The Balaban J connectivity index is 2.73. The van der Waals surface area contributed by atoms with Crippen LogP contribution in [0.3, 0.4) is 0 Å². The molecule has 0 aliphatic heterocycles. The van der Waals surface area contributed by atoms with Gasteiger partial charge in [0, 0.05) is 0 Å². The van der Waals surface area contributed by atoms with Crippen molar-refractivity contribution in [1.29, 1.82) is 0 Å². The number of hydrogen-bond acceptors (Lipinski definition) is 2. The minimum atomic E-state index is -1.17. The van der Waals surface area contributed by atoms with E-state index in [0.29, 0.717) is 5.56 Å². The van der Waals surface area contributed by atoms with Crippen molar-refractivity contribution in [3.05, 3.63) is 65.2 Å². The van der Waals surface area contributed by atoms with Gasteiger partial charge in [-0.1, -0.05) is 57.2 Å². The van der Waals surface area contributed by atoms with Crippen molar-refractivity contribution in [2.75, 3.05) is 0 Å². The molecule has 3 heteroatoms. The van der Waals surface area contributed by atoms with Gasteiger partial charge in [-0.25, -0.2) is 0 Å². The lowest BCUT2D eigenvalue weighted by molar-refractivity contribution is -0.141. The van der Waals surface area contributed by atoms with Crippen LogP contribution in [0.1, 0.15) is 44.4 Å². The Hall–Kier alpha value is -2.29. The second kappa shape index (κ2) is 5.48. The summed E-state index contributed by atoms with van der Waals surface area (Å²) in [6.45, 7) is 7.94. The van der Waals surface area contributed by atoms with E-state index in [1.807, 2.05) is 24.3 Å². The molecule has 0 spiro atoms. The third-order valence-corrected chi connectivity index (χ3v) is 4.15. The number of carboxylic acid groups (broad SMARTS) is 1. The first-order chi connectivity index (χ1) is 10.2. The number of aliphatic carboxylic acids is 1. The first kappa shape index (κ1) is 16.1. The van der Waals surface area contributed by atoms with Crippen molar-refractivity contribution in [2.24, 2.45) is 0 Å². The smallest absolute Gasteiger partial charge is 0.318 e. The second-order valence-electron chi connectivity index (χ2n) is 6.77. The van der Waals surface area contributed by atoms with Gasteiger partial charge in [-0.15, -0.1) is 0 Å². The molecule has 2 N–H and O–H groups in total. The fourth-order valence-corrected chi connectivity index (χ4v) is 2.76. The zero-order valence-electron chi connectivity index (χ0n) is 13.4. The average Bonchev–Trinajstić information content (AvgIpc) is 2.46. The predicted octanol–water partition coefficient (Wildman–Crippen LogP) is 4.08. The van der Waals surface area contributed by atoms with Gasteiger partial charge < -0.3 is 10.2 Å². The second-order valence-corrected chi connectivity index (χ2v) is 6.77. The number of carboxylic acids is 1. The van der Waals surface area contributed by atoms with Crippen LogP contribution in [0.25, 0.3) is 0 Å². The molecule has 0 amide bonds. The normalized spacial score (nSPS) is 14.4. The molecule has 1 atom stereocenters. The maximum Gasteiger partial charge on any atom is 0.318 e. The summed E-state index contributed by atoms with van der Waals surface area (Å²) in [7, 11) is 0. The molecule has 0 aliphatic rings.